The molecule has 0 bridgehead atoms. The molecule has 84 valence electrons. The van der Waals surface area contributed by atoms with Crippen LogP contribution in [0.3, 0.4) is 0 Å². The van der Waals surface area contributed by atoms with Gasteiger partial charge in [0.05, 0.1) is 25.4 Å². The molecule has 2 heterocycles. The highest BCUT2D eigenvalue weighted by atomic mass is 16.7. The molecule has 4 heteroatoms. The van der Waals surface area contributed by atoms with Gasteiger partial charge in [-0.2, -0.15) is 0 Å². The van der Waals surface area contributed by atoms with Gasteiger partial charge >= 0.3 is 0 Å². The summed E-state index contributed by atoms with van der Waals surface area (Å²) in [5.41, 5.74) is 5.48. The van der Waals surface area contributed by atoms with Crippen molar-refractivity contribution in [3.05, 3.63) is 24.2 Å². The molecule has 15 heavy (non-hydrogen) atoms. The van der Waals surface area contributed by atoms with Crippen molar-refractivity contribution in [1.29, 1.82) is 0 Å². The second-order valence-electron chi connectivity index (χ2n) is 4.02. The van der Waals surface area contributed by atoms with Crippen LogP contribution in [0.1, 0.15) is 19.1 Å². The molecule has 1 aromatic heterocycles. The molecule has 2 N–H and O–H groups in total. The van der Waals surface area contributed by atoms with Gasteiger partial charge in [-0.1, -0.05) is 0 Å². The van der Waals surface area contributed by atoms with Gasteiger partial charge in [0, 0.05) is 0 Å². The van der Waals surface area contributed by atoms with E-state index in [9.17, 15) is 0 Å². The number of furan rings is 1. The Hall–Kier alpha value is -0.840. The van der Waals surface area contributed by atoms with E-state index < -0.39 is 5.79 Å². The zero-order valence-electron chi connectivity index (χ0n) is 8.94. The molecule has 1 aliphatic heterocycles. The van der Waals surface area contributed by atoms with E-state index >= 15 is 0 Å². The fraction of sp³-hybridized carbons (Fsp3) is 0.636. The summed E-state index contributed by atoms with van der Waals surface area (Å²) in [6, 6.07) is 3.79. The van der Waals surface area contributed by atoms with Gasteiger partial charge in [-0.05, 0) is 32.0 Å². The maximum Gasteiger partial charge on any atom is 0.173 e. The molecule has 0 saturated carbocycles. The molecule has 4 nitrogen and oxygen atoms in total. The Labute approximate surface area is 89.3 Å². The Morgan fingerprint density at radius 2 is 2.47 bits per heavy atom. The number of nitrogens with two attached hydrogens (primary N) is 1. The van der Waals surface area contributed by atoms with E-state index in [1.165, 1.54) is 0 Å². The van der Waals surface area contributed by atoms with Crippen molar-refractivity contribution in [2.45, 2.75) is 31.7 Å². The van der Waals surface area contributed by atoms with E-state index in [0.717, 1.165) is 12.2 Å². The third kappa shape index (κ3) is 2.59. The molecule has 1 fully saturated rings. The quantitative estimate of drug-likeness (QED) is 0.815. The summed E-state index contributed by atoms with van der Waals surface area (Å²) in [6.07, 6.45) is 3.26. The first-order chi connectivity index (χ1) is 7.22. The van der Waals surface area contributed by atoms with Gasteiger partial charge in [0.15, 0.2) is 5.79 Å². The minimum absolute atomic E-state index is 0.120. The molecule has 0 aliphatic carbocycles. The van der Waals surface area contributed by atoms with Crippen LogP contribution in [0.5, 0.6) is 0 Å². The van der Waals surface area contributed by atoms with Crippen LogP contribution in [0, 0.1) is 0 Å². The molecule has 2 atom stereocenters. The summed E-state index contributed by atoms with van der Waals surface area (Å²) in [7, 11) is 0. The number of rotatable bonds is 4. The van der Waals surface area contributed by atoms with Crippen molar-refractivity contribution in [2.24, 2.45) is 5.73 Å². The first-order valence-electron chi connectivity index (χ1n) is 5.26. The molecule has 0 amide bonds. The third-order valence-electron chi connectivity index (χ3n) is 2.55. The van der Waals surface area contributed by atoms with Gasteiger partial charge in [-0.3, -0.25) is 0 Å². The van der Waals surface area contributed by atoms with Gasteiger partial charge in [0.2, 0.25) is 0 Å². The Morgan fingerprint density at radius 3 is 3.13 bits per heavy atom. The van der Waals surface area contributed by atoms with Crippen LogP contribution in [-0.2, 0) is 15.9 Å². The predicted molar refractivity (Wildman–Crippen MR) is 55.3 cm³/mol. The lowest BCUT2D eigenvalue weighted by Gasteiger charge is -2.22. The van der Waals surface area contributed by atoms with Crippen LogP contribution in [0.4, 0.5) is 0 Å². The standard InChI is InChI=1S/C11H17NO3/c1-11(7-9-3-2-6-13-9)14-8-10(15-11)4-5-12/h2-3,6,10H,4-5,7-8,12H2,1H3. The highest BCUT2D eigenvalue weighted by molar-refractivity contribution is 5.01. The molecule has 0 aromatic carbocycles. The fourth-order valence-electron chi connectivity index (χ4n) is 1.84. The molecular weight excluding hydrogens is 194 g/mol. The van der Waals surface area contributed by atoms with Crippen molar-refractivity contribution in [3.63, 3.8) is 0 Å². The minimum atomic E-state index is -0.558. The zero-order valence-corrected chi connectivity index (χ0v) is 8.94. The van der Waals surface area contributed by atoms with E-state index in [2.05, 4.69) is 0 Å². The Balaban J connectivity index is 1.92. The Morgan fingerprint density at radius 1 is 1.60 bits per heavy atom. The molecular formula is C11H17NO3. The van der Waals surface area contributed by atoms with Crippen molar-refractivity contribution in [2.75, 3.05) is 13.2 Å². The van der Waals surface area contributed by atoms with Gasteiger partial charge < -0.3 is 19.6 Å². The summed E-state index contributed by atoms with van der Waals surface area (Å²) in [5, 5.41) is 0. The first-order valence-corrected chi connectivity index (χ1v) is 5.26. The SMILES string of the molecule is CC1(Cc2ccco2)OCC(CCN)O1. The van der Waals surface area contributed by atoms with E-state index in [0.29, 0.717) is 19.6 Å². The molecule has 1 aliphatic rings. The van der Waals surface area contributed by atoms with Crippen LogP contribution in [0.15, 0.2) is 22.8 Å². The second kappa shape index (κ2) is 4.35. The third-order valence-corrected chi connectivity index (χ3v) is 2.55. The molecule has 1 aromatic rings. The number of hydrogen-bond donors (Lipinski definition) is 1. The van der Waals surface area contributed by atoms with E-state index in [-0.39, 0.29) is 6.10 Å². The average molecular weight is 211 g/mol. The average Bonchev–Trinajstić information content (AvgIpc) is 2.78. The Kier molecular flexibility index (Phi) is 3.09. The highest BCUT2D eigenvalue weighted by Crippen LogP contribution is 2.28. The van der Waals surface area contributed by atoms with Crippen molar-refractivity contribution < 1.29 is 13.9 Å². The van der Waals surface area contributed by atoms with Crippen LogP contribution in [-0.4, -0.2) is 25.0 Å². The monoisotopic (exact) mass is 211 g/mol. The summed E-state index contributed by atoms with van der Waals surface area (Å²) in [6.45, 7) is 3.19. The maximum atomic E-state index is 5.80. The molecule has 0 spiro atoms. The number of hydrogen-bond acceptors (Lipinski definition) is 4. The maximum absolute atomic E-state index is 5.80. The van der Waals surface area contributed by atoms with E-state index in [1.54, 1.807) is 6.26 Å². The van der Waals surface area contributed by atoms with Gasteiger partial charge in [0.25, 0.3) is 0 Å². The summed E-state index contributed by atoms with van der Waals surface area (Å²) < 4.78 is 16.7. The molecule has 0 radical (unpaired) electrons. The fourth-order valence-corrected chi connectivity index (χ4v) is 1.84. The van der Waals surface area contributed by atoms with Gasteiger partial charge in [-0.15, -0.1) is 0 Å². The predicted octanol–water partition coefficient (Wildman–Crippen LogP) is 1.30. The van der Waals surface area contributed by atoms with Crippen molar-refractivity contribution >= 4 is 0 Å². The van der Waals surface area contributed by atoms with Gasteiger partial charge in [0.1, 0.15) is 5.76 Å². The Bertz CT molecular complexity index is 299. The second-order valence-corrected chi connectivity index (χ2v) is 4.02. The lowest BCUT2D eigenvalue weighted by Crippen LogP contribution is -2.29. The molecule has 1 saturated heterocycles. The van der Waals surface area contributed by atoms with Crippen LogP contribution < -0.4 is 5.73 Å². The summed E-state index contributed by atoms with van der Waals surface area (Å²) in [4.78, 5) is 0. The van der Waals surface area contributed by atoms with Crippen molar-refractivity contribution in [3.8, 4) is 0 Å². The topological polar surface area (TPSA) is 57.6 Å². The largest absolute Gasteiger partial charge is 0.469 e. The van der Waals surface area contributed by atoms with Crippen LogP contribution >= 0.6 is 0 Å². The first kappa shape index (κ1) is 10.7. The highest BCUT2D eigenvalue weighted by Gasteiger charge is 2.37. The van der Waals surface area contributed by atoms with E-state index in [4.69, 9.17) is 19.6 Å². The van der Waals surface area contributed by atoms with E-state index in [1.807, 2.05) is 19.1 Å². The van der Waals surface area contributed by atoms with Crippen LogP contribution in [0.25, 0.3) is 0 Å². The lowest BCUT2D eigenvalue weighted by molar-refractivity contribution is -0.154. The molecule has 2 unspecified atom stereocenters. The van der Waals surface area contributed by atoms with Crippen molar-refractivity contribution in [1.82, 2.24) is 0 Å². The lowest BCUT2D eigenvalue weighted by atomic mass is 10.2. The smallest absolute Gasteiger partial charge is 0.173 e. The minimum Gasteiger partial charge on any atom is -0.469 e. The summed E-state index contributed by atoms with van der Waals surface area (Å²) >= 11 is 0. The number of ether oxygens (including phenoxy) is 2. The van der Waals surface area contributed by atoms with Gasteiger partial charge in [-0.25, -0.2) is 0 Å². The molecule has 2 rings (SSSR count). The normalized spacial score (nSPS) is 30.9. The zero-order chi connectivity index (χ0) is 10.7. The summed E-state index contributed by atoms with van der Waals surface area (Å²) in [5.74, 6) is 0.323. The van der Waals surface area contributed by atoms with Crippen LogP contribution in [0.2, 0.25) is 0 Å².